The van der Waals surface area contributed by atoms with Gasteiger partial charge in [0, 0.05) is 55.8 Å². The van der Waals surface area contributed by atoms with Gasteiger partial charge in [-0.1, -0.05) is 189 Å². The van der Waals surface area contributed by atoms with Gasteiger partial charge >= 0.3 is 0 Å². The molecular weight excluding hydrogens is 1100 g/mol. The molecule has 13 aromatic rings. The summed E-state index contributed by atoms with van der Waals surface area (Å²) in [4.78, 5) is 64.4. The van der Waals surface area contributed by atoms with E-state index in [4.69, 9.17) is 0 Å². The first-order chi connectivity index (χ1) is 43.3. The first-order valence-corrected chi connectivity index (χ1v) is 31.1. The van der Waals surface area contributed by atoms with Crippen molar-refractivity contribution in [3.05, 3.63) is 316 Å². The Morgan fingerprint density at radius 3 is 0.733 bits per heavy atom. The minimum atomic E-state index is -0.576. The summed E-state index contributed by atoms with van der Waals surface area (Å²) in [5.41, 5.74) is 22.1. The quantitative estimate of drug-likeness (QED) is 0.151. The van der Waals surface area contributed by atoms with Crippen molar-refractivity contribution >= 4 is 55.7 Å². The molecule has 17 rings (SSSR count). The molecule has 0 bridgehead atoms. The van der Waals surface area contributed by atoms with Crippen LogP contribution in [0.25, 0.3) is 77.4 Å². The number of hydrogen-bond donors (Lipinski definition) is 0. The zero-order valence-corrected chi connectivity index (χ0v) is 51.4. The van der Waals surface area contributed by atoms with Crippen LogP contribution in [0.4, 0.5) is 34.1 Å². The van der Waals surface area contributed by atoms with Crippen LogP contribution in [0.3, 0.4) is 0 Å². The average molecular weight is 1170 g/mol. The molecular formula is C82H62N4O4. The molecule has 8 heteroatoms. The fourth-order valence-corrected chi connectivity index (χ4v) is 16.2. The maximum absolute atomic E-state index is 15.0. The van der Waals surface area contributed by atoms with Gasteiger partial charge < -0.3 is 9.80 Å². The van der Waals surface area contributed by atoms with Gasteiger partial charge in [0.05, 0.1) is 32.9 Å². The molecule has 8 nitrogen and oxygen atoms in total. The summed E-state index contributed by atoms with van der Waals surface area (Å²) < 4.78 is 2.35. The Morgan fingerprint density at radius 2 is 0.467 bits per heavy atom. The number of rotatable bonds is 8. The summed E-state index contributed by atoms with van der Waals surface area (Å²) in [6.07, 6.45) is 0. The molecule has 0 saturated carbocycles. The van der Waals surface area contributed by atoms with Crippen molar-refractivity contribution in [2.75, 3.05) is 9.80 Å². The predicted octanol–water partition coefficient (Wildman–Crippen LogP) is 18.1. The van der Waals surface area contributed by atoms with Gasteiger partial charge in [-0.2, -0.15) is 0 Å². The Balaban J connectivity index is 0.775. The van der Waals surface area contributed by atoms with E-state index < -0.39 is 22.2 Å². The normalized spacial score (nSPS) is 15.2. The van der Waals surface area contributed by atoms with Gasteiger partial charge in [-0.25, -0.2) is 9.13 Å². The van der Waals surface area contributed by atoms with Gasteiger partial charge in [0.15, 0.2) is 0 Å². The second-order valence-electron chi connectivity index (χ2n) is 27.1. The molecule has 0 unspecified atom stereocenters. The Hall–Kier alpha value is -10.7. The zero-order chi connectivity index (χ0) is 61.7. The van der Waals surface area contributed by atoms with Crippen molar-refractivity contribution in [1.29, 1.82) is 0 Å². The highest BCUT2D eigenvalue weighted by molar-refractivity contribution is 5.99. The molecule has 0 fully saturated rings. The second-order valence-corrected chi connectivity index (χ2v) is 27.1. The van der Waals surface area contributed by atoms with Crippen LogP contribution in [0.1, 0.15) is 99.9 Å². The van der Waals surface area contributed by atoms with E-state index in [9.17, 15) is 19.2 Å². The molecule has 0 spiro atoms. The fourth-order valence-electron chi connectivity index (χ4n) is 16.2. The topological polar surface area (TPSA) is 84.6 Å². The van der Waals surface area contributed by atoms with Crippen molar-refractivity contribution in [2.24, 2.45) is 0 Å². The highest BCUT2D eigenvalue weighted by Gasteiger charge is 2.41. The minimum Gasteiger partial charge on any atom is -0.310 e. The van der Waals surface area contributed by atoms with Crippen LogP contribution in [0.15, 0.2) is 250 Å². The predicted molar refractivity (Wildman–Crippen MR) is 367 cm³/mol. The number of anilines is 6. The van der Waals surface area contributed by atoms with E-state index in [0.29, 0.717) is 11.4 Å². The van der Waals surface area contributed by atoms with Crippen molar-refractivity contribution in [3.63, 3.8) is 0 Å². The van der Waals surface area contributed by atoms with Gasteiger partial charge in [0.25, 0.3) is 22.2 Å². The summed E-state index contributed by atoms with van der Waals surface area (Å²) >= 11 is 0. The summed E-state index contributed by atoms with van der Waals surface area (Å²) in [5, 5.41) is 0.252. The SMILES string of the molecule is CC1(C)c2ccccc2-c2ccc(N(c3cccc(-n4c(=O)c5cc6c(=O)n(-c7cccc(N(c8ccc9c(c8)C(C)(C)c8ccccc8-9)c8ccc9c(c8)C(C)(C)c8ccccc8-9)c7)c(=O)c6cc5c4=O)c3)c3ccc4c(c3)C(C)(C)c3ccccc3-4)cc21. The van der Waals surface area contributed by atoms with E-state index in [1.165, 1.54) is 110 Å². The van der Waals surface area contributed by atoms with Crippen molar-refractivity contribution < 1.29 is 0 Å². The molecule has 4 aliphatic carbocycles. The molecule has 0 atom stereocenters. The highest BCUT2D eigenvalue weighted by atomic mass is 16.2. The summed E-state index contributed by atoms with van der Waals surface area (Å²) in [7, 11) is 0. The van der Waals surface area contributed by atoms with E-state index in [1.807, 2.05) is 36.4 Å². The van der Waals surface area contributed by atoms with Crippen LogP contribution in [-0.4, -0.2) is 9.13 Å². The van der Waals surface area contributed by atoms with E-state index in [-0.39, 0.29) is 43.2 Å². The van der Waals surface area contributed by atoms with Crippen molar-refractivity contribution in [3.8, 4) is 55.9 Å². The molecule has 90 heavy (non-hydrogen) atoms. The minimum absolute atomic E-state index is 0.0631. The average Bonchev–Trinajstić information content (AvgIpc) is 1.62. The van der Waals surface area contributed by atoms with Gasteiger partial charge in [0.2, 0.25) is 0 Å². The molecule has 0 radical (unpaired) electrons. The van der Waals surface area contributed by atoms with Crippen LogP contribution in [0.2, 0.25) is 0 Å². The van der Waals surface area contributed by atoms with Gasteiger partial charge in [-0.05, 0) is 186 Å². The summed E-state index contributed by atoms with van der Waals surface area (Å²) in [6, 6.07) is 79.0. The van der Waals surface area contributed by atoms with E-state index in [1.54, 1.807) is 12.1 Å². The summed E-state index contributed by atoms with van der Waals surface area (Å²) in [6.45, 7) is 18.2. The number of nitrogens with zero attached hydrogens (tertiary/aromatic N) is 4. The van der Waals surface area contributed by atoms with Crippen LogP contribution < -0.4 is 32.0 Å². The van der Waals surface area contributed by atoms with Crippen LogP contribution in [0.5, 0.6) is 0 Å². The molecule has 0 aliphatic heterocycles. The number of aromatic nitrogens is 2. The maximum Gasteiger partial charge on any atom is 0.266 e. The van der Waals surface area contributed by atoms with E-state index >= 15 is 0 Å². The smallest absolute Gasteiger partial charge is 0.266 e. The molecule has 0 N–H and O–H groups in total. The Bertz CT molecular complexity index is 4940. The van der Waals surface area contributed by atoms with Gasteiger partial charge in [0.1, 0.15) is 0 Å². The summed E-state index contributed by atoms with van der Waals surface area (Å²) in [5.74, 6) is 0. The van der Waals surface area contributed by atoms with Gasteiger partial charge in [-0.3, -0.25) is 19.2 Å². The van der Waals surface area contributed by atoms with Crippen molar-refractivity contribution in [2.45, 2.75) is 77.0 Å². The molecule has 4 aliphatic rings. The van der Waals surface area contributed by atoms with Crippen molar-refractivity contribution in [1.82, 2.24) is 9.13 Å². The van der Waals surface area contributed by atoms with E-state index in [2.05, 4.69) is 235 Å². The van der Waals surface area contributed by atoms with E-state index in [0.717, 1.165) is 34.1 Å². The Morgan fingerprint density at radius 1 is 0.233 bits per heavy atom. The lowest BCUT2D eigenvalue weighted by molar-refractivity contribution is 0.659. The lowest BCUT2D eigenvalue weighted by Crippen LogP contribution is -2.24. The number of fused-ring (bicyclic) bond motifs is 14. The lowest BCUT2D eigenvalue weighted by atomic mass is 9.82. The molecule has 0 amide bonds. The molecule has 0 saturated heterocycles. The largest absolute Gasteiger partial charge is 0.310 e. The molecule has 2 aromatic heterocycles. The molecule has 434 valence electrons. The standard InChI is InChI=1S/C82H62N4O4/c1-79(2)67-27-13-9-23-55(67)59-35-31-51(41-71(59)79)83(52-32-36-60-56-24-10-14-28-68(56)80(3,4)72(60)42-52)47-19-17-21-49(39-47)85-75(87)63-45-65-66(46-64(63)76(85)88)78(90)86(77(65)89)50-22-18-20-48(40-50)84(53-33-37-61-57-25-11-15-29-69(57)81(5,6)73(61)43-53)54-34-38-62-58-26-12-16-30-70(58)82(7,8)74(62)44-54/h9-46H,1-8H3. The zero-order valence-electron chi connectivity index (χ0n) is 51.4. The lowest BCUT2D eigenvalue weighted by Gasteiger charge is -2.30. The fraction of sp³-hybridized carbons (Fsp3) is 0.146. The monoisotopic (exact) mass is 1170 g/mol. The number of hydrogen-bond acceptors (Lipinski definition) is 6. The third-order valence-electron chi connectivity index (χ3n) is 20.9. The van der Waals surface area contributed by atoms with Crippen LogP contribution >= 0.6 is 0 Å². The highest BCUT2D eigenvalue weighted by Crippen LogP contribution is 2.56. The Labute approximate surface area is 521 Å². The maximum atomic E-state index is 15.0. The molecule has 11 aromatic carbocycles. The van der Waals surface area contributed by atoms with Gasteiger partial charge in [-0.15, -0.1) is 0 Å². The first-order valence-electron chi connectivity index (χ1n) is 31.1. The Kier molecular flexibility index (Phi) is 11.0. The first kappa shape index (κ1) is 53.5. The second kappa shape index (κ2) is 18.4. The van der Waals surface area contributed by atoms with Crippen LogP contribution in [0, 0.1) is 0 Å². The van der Waals surface area contributed by atoms with Crippen LogP contribution in [-0.2, 0) is 21.7 Å². The molecule has 2 heterocycles. The third kappa shape index (κ3) is 7.24. The number of benzene rings is 11. The third-order valence-corrected chi connectivity index (χ3v) is 20.9.